The van der Waals surface area contributed by atoms with Crippen molar-refractivity contribution >= 4 is 10.0 Å². The lowest BCUT2D eigenvalue weighted by Crippen LogP contribution is -2.42. The molecule has 0 aliphatic carbocycles. The topological polar surface area (TPSA) is 82.5 Å². The molecule has 23 heavy (non-hydrogen) atoms. The van der Waals surface area contributed by atoms with Crippen molar-refractivity contribution in [2.75, 3.05) is 26.0 Å². The maximum Gasteiger partial charge on any atom is 0.214 e. The Morgan fingerprint density at radius 3 is 2.87 bits per heavy atom. The van der Waals surface area contributed by atoms with Crippen LogP contribution in [0.5, 0.6) is 0 Å². The lowest BCUT2D eigenvalue weighted by molar-refractivity contribution is -0.0307. The minimum atomic E-state index is -3.41. The normalized spacial score (nSPS) is 23.1. The van der Waals surface area contributed by atoms with E-state index in [-0.39, 0.29) is 17.8 Å². The highest BCUT2D eigenvalue weighted by molar-refractivity contribution is 7.89. The van der Waals surface area contributed by atoms with Gasteiger partial charge in [-0.1, -0.05) is 0 Å². The number of ether oxygens (including phenoxy) is 2. The maximum absolute atomic E-state index is 12.3. The summed E-state index contributed by atoms with van der Waals surface area (Å²) in [6, 6.07) is 1.92. The minimum Gasteiger partial charge on any atom is -0.378 e. The van der Waals surface area contributed by atoms with Crippen LogP contribution in [0.4, 0.5) is 0 Å². The molecule has 0 bridgehead atoms. The molecule has 0 unspecified atom stereocenters. The van der Waals surface area contributed by atoms with Crippen molar-refractivity contribution in [1.29, 1.82) is 0 Å². The highest BCUT2D eigenvalue weighted by atomic mass is 32.2. The van der Waals surface area contributed by atoms with Gasteiger partial charge >= 0.3 is 0 Å². The molecule has 0 radical (unpaired) electrons. The largest absolute Gasteiger partial charge is 0.378 e. The molecule has 1 fully saturated rings. The average molecular weight is 345 g/mol. The van der Waals surface area contributed by atoms with Gasteiger partial charge in [-0.3, -0.25) is 4.68 Å². The summed E-state index contributed by atoms with van der Waals surface area (Å²) < 4.78 is 40.1. The number of nitrogens with one attached hydrogen (secondary N) is 1. The van der Waals surface area contributed by atoms with E-state index in [1.165, 1.54) is 7.11 Å². The van der Waals surface area contributed by atoms with E-state index in [4.69, 9.17) is 9.47 Å². The Bertz CT molecular complexity index is 612. The Balaban J connectivity index is 2.01. The molecule has 1 aromatic heterocycles. The molecule has 132 valence electrons. The molecule has 0 aromatic carbocycles. The molecule has 2 atom stereocenters. The first kappa shape index (κ1) is 18.4. The first-order valence-corrected chi connectivity index (χ1v) is 9.51. The molecule has 1 N–H and O–H groups in total. The molecule has 7 nitrogen and oxygen atoms in total. The van der Waals surface area contributed by atoms with E-state index in [0.717, 1.165) is 18.5 Å². The van der Waals surface area contributed by atoms with E-state index in [2.05, 4.69) is 9.82 Å². The summed E-state index contributed by atoms with van der Waals surface area (Å²) in [6.45, 7) is 4.57. The van der Waals surface area contributed by atoms with E-state index in [1.54, 1.807) is 24.7 Å². The third-order valence-corrected chi connectivity index (χ3v) is 5.93. The summed E-state index contributed by atoms with van der Waals surface area (Å²) in [5, 5.41) is 4.18. The first-order valence-electron chi connectivity index (χ1n) is 7.86. The van der Waals surface area contributed by atoms with Crippen LogP contribution in [-0.4, -0.2) is 49.8 Å². The van der Waals surface area contributed by atoms with Gasteiger partial charge < -0.3 is 9.47 Å². The molecule has 1 saturated heterocycles. The van der Waals surface area contributed by atoms with Crippen LogP contribution in [0, 0.1) is 5.92 Å². The molecule has 0 amide bonds. The second-order valence-electron chi connectivity index (χ2n) is 6.64. The van der Waals surface area contributed by atoms with E-state index in [9.17, 15) is 8.42 Å². The molecule has 0 saturated carbocycles. The number of rotatable bonds is 7. The lowest BCUT2D eigenvalue weighted by atomic mass is 9.92. The highest BCUT2D eigenvalue weighted by Gasteiger charge is 2.32. The van der Waals surface area contributed by atoms with Crippen LogP contribution in [0.3, 0.4) is 0 Å². The zero-order chi connectivity index (χ0) is 17.1. The maximum atomic E-state index is 12.3. The number of hydrogen-bond donors (Lipinski definition) is 1. The van der Waals surface area contributed by atoms with Crippen LogP contribution in [0.15, 0.2) is 12.3 Å². The van der Waals surface area contributed by atoms with Gasteiger partial charge in [0.25, 0.3) is 0 Å². The van der Waals surface area contributed by atoms with E-state index in [1.807, 2.05) is 13.1 Å². The lowest BCUT2D eigenvalue weighted by Gasteiger charge is -2.32. The Morgan fingerprint density at radius 1 is 1.52 bits per heavy atom. The van der Waals surface area contributed by atoms with Crippen LogP contribution in [-0.2, 0) is 26.5 Å². The monoisotopic (exact) mass is 345 g/mol. The molecular formula is C15H27N3O4S. The summed E-state index contributed by atoms with van der Waals surface area (Å²) in [5.74, 6) is 0.0278. The summed E-state index contributed by atoms with van der Waals surface area (Å²) in [7, 11) is -0.0186. The Hall–Kier alpha value is -0.960. The minimum absolute atomic E-state index is 0.0690. The van der Waals surface area contributed by atoms with Crippen molar-refractivity contribution in [1.82, 2.24) is 14.5 Å². The van der Waals surface area contributed by atoms with Crippen LogP contribution in [0.1, 0.15) is 38.5 Å². The van der Waals surface area contributed by atoms with Gasteiger partial charge in [-0.15, -0.1) is 0 Å². The second kappa shape index (κ2) is 7.29. The van der Waals surface area contributed by atoms with Crippen molar-refractivity contribution < 1.29 is 17.9 Å². The number of hydrogen-bond acceptors (Lipinski definition) is 5. The van der Waals surface area contributed by atoms with Crippen molar-refractivity contribution in [2.45, 2.75) is 38.4 Å². The van der Waals surface area contributed by atoms with Crippen molar-refractivity contribution in [3.05, 3.63) is 18.0 Å². The predicted octanol–water partition coefficient (Wildman–Crippen LogP) is 1.23. The Labute approximate surface area is 138 Å². The average Bonchev–Trinajstić information content (AvgIpc) is 2.90. The first-order chi connectivity index (χ1) is 10.7. The predicted molar refractivity (Wildman–Crippen MR) is 87.5 cm³/mol. The van der Waals surface area contributed by atoms with Gasteiger partial charge in [-0.25, -0.2) is 13.1 Å². The molecule has 2 rings (SSSR count). The summed E-state index contributed by atoms with van der Waals surface area (Å²) in [4.78, 5) is 0. The Kier molecular flexibility index (Phi) is 5.83. The third kappa shape index (κ3) is 5.00. The molecule has 1 aliphatic heterocycles. The van der Waals surface area contributed by atoms with E-state index in [0.29, 0.717) is 13.2 Å². The quantitative estimate of drug-likeness (QED) is 0.804. The van der Waals surface area contributed by atoms with Crippen molar-refractivity contribution in [2.24, 2.45) is 13.0 Å². The van der Waals surface area contributed by atoms with E-state index < -0.39 is 15.6 Å². The number of aromatic nitrogens is 2. The standard InChI is InChI=1S/C15H27N3O4S/c1-15(2,21-4)11-23(19,20)17-10-12-6-5-9-22-14(12)13-7-8-16-18(13)3/h7-8,12,14,17H,5-6,9-11H2,1-4H3/t12-,14+/m0/s1. The van der Waals surface area contributed by atoms with Crippen LogP contribution < -0.4 is 4.72 Å². The number of methoxy groups -OCH3 is 1. The summed E-state index contributed by atoms with van der Waals surface area (Å²) in [5.41, 5.74) is 0.266. The SMILES string of the molecule is COC(C)(C)CS(=O)(=O)NC[C@@H]1CCCO[C@H]1c1ccnn1C. The fourth-order valence-electron chi connectivity index (χ4n) is 2.84. The van der Waals surface area contributed by atoms with Gasteiger partial charge in [-0.2, -0.15) is 5.10 Å². The van der Waals surface area contributed by atoms with Crippen molar-refractivity contribution in [3.63, 3.8) is 0 Å². The molecule has 1 aromatic rings. The molecule has 8 heteroatoms. The number of aryl methyl sites for hydroxylation is 1. The third-order valence-electron chi connectivity index (χ3n) is 4.25. The molecular weight excluding hydrogens is 318 g/mol. The highest BCUT2D eigenvalue weighted by Crippen LogP contribution is 2.33. The summed E-state index contributed by atoms with van der Waals surface area (Å²) in [6.07, 6.45) is 3.46. The fraction of sp³-hybridized carbons (Fsp3) is 0.800. The van der Waals surface area contributed by atoms with Crippen LogP contribution in [0.25, 0.3) is 0 Å². The summed E-state index contributed by atoms with van der Waals surface area (Å²) >= 11 is 0. The van der Waals surface area contributed by atoms with Crippen molar-refractivity contribution in [3.8, 4) is 0 Å². The van der Waals surface area contributed by atoms with Gasteiger partial charge in [0, 0.05) is 39.4 Å². The van der Waals surface area contributed by atoms with Crippen LogP contribution >= 0.6 is 0 Å². The molecule has 0 spiro atoms. The van der Waals surface area contributed by atoms with Gasteiger partial charge in [0.05, 0.1) is 17.0 Å². The van der Waals surface area contributed by atoms with E-state index >= 15 is 0 Å². The van der Waals surface area contributed by atoms with Gasteiger partial charge in [-0.05, 0) is 32.8 Å². The van der Waals surface area contributed by atoms with Gasteiger partial charge in [0.1, 0.15) is 6.10 Å². The number of sulfonamides is 1. The Morgan fingerprint density at radius 2 is 2.26 bits per heavy atom. The smallest absolute Gasteiger partial charge is 0.214 e. The second-order valence-corrected chi connectivity index (χ2v) is 8.45. The van der Waals surface area contributed by atoms with Gasteiger partial charge in [0.2, 0.25) is 10.0 Å². The zero-order valence-electron chi connectivity index (χ0n) is 14.3. The number of nitrogens with zero attached hydrogens (tertiary/aromatic N) is 2. The molecule has 2 heterocycles. The fourth-order valence-corrected chi connectivity index (χ4v) is 4.45. The molecule has 1 aliphatic rings. The zero-order valence-corrected chi connectivity index (χ0v) is 15.1. The van der Waals surface area contributed by atoms with Crippen LogP contribution in [0.2, 0.25) is 0 Å². The van der Waals surface area contributed by atoms with Gasteiger partial charge in [0.15, 0.2) is 0 Å².